The van der Waals surface area contributed by atoms with Crippen LogP contribution in [0.5, 0.6) is 0 Å². The first-order valence-electron chi connectivity index (χ1n) is 2.99. The van der Waals surface area contributed by atoms with Gasteiger partial charge < -0.3 is 20.9 Å². The van der Waals surface area contributed by atoms with Crippen molar-refractivity contribution >= 4 is 11.9 Å². The van der Waals surface area contributed by atoms with E-state index in [0.717, 1.165) is 0 Å². The fraction of sp³-hybridized carbons (Fsp3) is 0.600. The zero-order valence-electron chi connectivity index (χ0n) is 7.05. The van der Waals surface area contributed by atoms with Crippen LogP contribution in [0.25, 0.3) is 0 Å². The molecule has 0 rings (SSSR count). The largest absolute Gasteiger partial charge is 0.412 e. The van der Waals surface area contributed by atoms with E-state index in [1.807, 2.05) is 0 Å². The highest BCUT2D eigenvalue weighted by Crippen LogP contribution is 1.80. The Bertz CT molecular complexity index is 161. The summed E-state index contributed by atoms with van der Waals surface area (Å²) in [6.45, 7) is -0.0316. The third kappa shape index (κ3) is 5.45. The van der Waals surface area contributed by atoms with E-state index in [4.69, 9.17) is 11.1 Å². The molecule has 0 bridgehead atoms. The number of guanidine groups is 1. The average molecular weight is 178 g/mol. The van der Waals surface area contributed by atoms with Gasteiger partial charge >= 0.3 is 5.97 Å². The third-order valence-corrected chi connectivity index (χ3v) is 0.993. The number of hydrogen-bond acceptors (Lipinski definition) is 4. The number of hydroxylamine groups is 1. The number of carbonyl (C=O) groups is 1. The highest BCUT2D eigenvalue weighted by atomic mass is 16.7. The lowest BCUT2D eigenvalue weighted by Gasteiger charge is -2.14. The van der Waals surface area contributed by atoms with Gasteiger partial charge in [0.25, 0.3) is 0 Å². The molecular weight excluding hydrogens is 164 g/mol. The molecule has 12 heavy (non-hydrogen) atoms. The molecule has 0 heterocycles. The number of carbonyl (C=O) groups excluding carboxylic acids is 1. The summed E-state index contributed by atoms with van der Waals surface area (Å²) in [4.78, 5) is 16.3. The second kappa shape index (κ2) is 6.38. The lowest BCUT2D eigenvalue weighted by atomic mass is 10.6. The molecule has 7 heteroatoms. The standard InChI is InChI=1S/C5H12N4O2.H2O/c1-8-11-4(10)3-9(2)5(6)7;/h8H,3H2,1-2H3,(H3,6,7);1H2. The highest BCUT2D eigenvalue weighted by Gasteiger charge is 2.07. The van der Waals surface area contributed by atoms with Crippen molar-refractivity contribution in [3.63, 3.8) is 0 Å². The van der Waals surface area contributed by atoms with E-state index in [9.17, 15) is 4.79 Å². The summed E-state index contributed by atoms with van der Waals surface area (Å²) in [5, 5.41) is 6.90. The predicted molar refractivity (Wildman–Crippen MR) is 43.3 cm³/mol. The van der Waals surface area contributed by atoms with Crippen molar-refractivity contribution in [3.8, 4) is 0 Å². The maximum atomic E-state index is 10.7. The van der Waals surface area contributed by atoms with Gasteiger partial charge in [-0.05, 0) is 0 Å². The van der Waals surface area contributed by atoms with Crippen molar-refractivity contribution < 1.29 is 15.1 Å². The van der Waals surface area contributed by atoms with Crippen LogP contribution in [0.1, 0.15) is 0 Å². The van der Waals surface area contributed by atoms with E-state index in [2.05, 4.69) is 10.3 Å². The molecule has 0 spiro atoms. The zero-order valence-corrected chi connectivity index (χ0v) is 7.05. The van der Waals surface area contributed by atoms with E-state index in [1.54, 1.807) is 0 Å². The smallest absolute Gasteiger partial charge is 0.344 e. The maximum absolute atomic E-state index is 10.7. The van der Waals surface area contributed by atoms with Gasteiger partial charge in [0.2, 0.25) is 0 Å². The maximum Gasteiger partial charge on any atom is 0.344 e. The van der Waals surface area contributed by atoms with Crippen molar-refractivity contribution in [2.75, 3.05) is 20.6 Å². The van der Waals surface area contributed by atoms with Gasteiger partial charge in [-0.15, -0.1) is 0 Å². The second-order valence-electron chi connectivity index (χ2n) is 1.92. The van der Waals surface area contributed by atoms with Crippen molar-refractivity contribution in [2.24, 2.45) is 5.73 Å². The van der Waals surface area contributed by atoms with Gasteiger partial charge in [-0.2, -0.15) is 5.48 Å². The molecule has 0 aliphatic heterocycles. The van der Waals surface area contributed by atoms with Crippen LogP contribution in [-0.4, -0.2) is 42.9 Å². The molecule has 0 atom stereocenters. The molecule has 0 fully saturated rings. The van der Waals surface area contributed by atoms with Gasteiger partial charge in [0.1, 0.15) is 6.54 Å². The molecule has 0 aromatic heterocycles. The Morgan fingerprint density at radius 3 is 2.58 bits per heavy atom. The normalized spacial score (nSPS) is 8.17. The van der Waals surface area contributed by atoms with E-state index < -0.39 is 5.97 Å². The van der Waals surface area contributed by atoms with Crippen molar-refractivity contribution in [3.05, 3.63) is 0 Å². The molecule has 0 aliphatic rings. The van der Waals surface area contributed by atoms with Crippen molar-refractivity contribution in [1.82, 2.24) is 10.4 Å². The molecule has 0 aliphatic carbocycles. The lowest BCUT2D eigenvalue weighted by molar-refractivity contribution is -0.150. The second-order valence-corrected chi connectivity index (χ2v) is 1.92. The molecule has 0 unspecified atom stereocenters. The van der Waals surface area contributed by atoms with Crippen LogP contribution >= 0.6 is 0 Å². The Hall–Kier alpha value is -1.34. The molecule has 0 radical (unpaired) electrons. The minimum Gasteiger partial charge on any atom is -0.412 e. The van der Waals surface area contributed by atoms with Gasteiger partial charge in [0.15, 0.2) is 5.96 Å². The Kier molecular flexibility index (Phi) is 7.05. The summed E-state index contributed by atoms with van der Waals surface area (Å²) >= 11 is 0. The lowest BCUT2D eigenvalue weighted by Crippen LogP contribution is -2.38. The average Bonchev–Trinajstić information content (AvgIpc) is 1.87. The van der Waals surface area contributed by atoms with Crippen LogP contribution < -0.4 is 11.2 Å². The molecule has 72 valence electrons. The van der Waals surface area contributed by atoms with Gasteiger partial charge in [-0.1, -0.05) is 0 Å². The number of likely N-dealkylation sites (N-methyl/N-ethyl adjacent to an activating group) is 1. The fourth-order valence-corrected chi connectivity index (χ4v) is 0.425. The topological polar surface area (TPSA) is 123 Å². The van der Waals surface area contributed by atoms with Crippen LogP contribution in [0.4, 0.5) is 0 Å². The van der Waals surface area contributed by atoms with Gasteiger partial charge in [-0.25, -0.2) is 4.79 Å². The first-order chi connectivity index (χ1) is 5.07. The summed E-state index contributed by atoms with van der Waals surface area (Å²) in [5.41, 5.74) is 7.29. The SMILES string of the molecule is CNOC(=O)CN(C)C(=N)N.O. The van der Waals surface area contributed by atoms with Crippen LogP contribution in [0.15, 0.2) is 0 Å². The quantitative estimate of drug-likeness (QED) is 0.254. The van der Waals surface area contributed by atoms with Crippen molar-refractivity contribution in [1.29, 1.82) is 5.41 Å². The molecule has 7 nitrogen and oxygen atoms in total. The molecule has 6 N–H and O–H groups in total. The molecule has 0 saturated heterocycles. The third-order valence-electron chi connectivity index (χ3n) is 0.993. The highest BCUT2D eigenvalue weighted by molar-refractivity contribution is 5.80. The molecule has 0 amide bonds. The first-order valence-corrected chi connectivity index (χ1v) is 2.99. The predicted octanol–water partition coefficient (Wildman–Crippen LogP) is -2.34. The summed E-state index contributed by atoms with van der Waals surface area (Å²) < 4.78 is 0. The Morgan fingerprint density at radius 2 is 2.25 bits per heavy atom. The van der Waals surface area contributed by atoms with Crippen LogP contribution in [0.2, 0.25) is 0 Å². The minimum absolute atomic E-state index is 0. The summed E-state index contributed by atoms with van der Waals surface area (Å²) in [6.07, 6.45) is 0. The molecular formula is C5H14N4O3. The first kappa shape index (κ1) is 13.3. The number of nitrogens with zero attached hydrogens (tertiary/aromatic N) is 1. The molecule has 0 aromatic carbocycles. The van der Waals surface area contributed by atoms with E-state index >= 15 is 0 Å². The van der Waals surface area contributed by atoms with Gasteiger partial charge in [0, 0.05) is 14.1 Å². The monoisotopic (exact) mass is 178 g/mol. The summed E-state index contributed by atoms with van der Waals surface area (Å²) in [6, 6.07) is 0. The minimum atomic E-state index is -0.481. The van der Waals surface area contributed by atoms with E-state index in [1.165, 1.54) is 19.0 Å². The zero-order chi connectivity index (χ0) is 8.85. The number of hydrogen-bond donors (Lipinski definition) is 3. The van der Waals surface area contributed by atoms with Gasteiger partial charge in [0.05, 0.1) is 0 Å². The number of rotatable bonds is 3. The Labute approximate surface area is 70.2 Å². The van der Waals surface area contributed by atoms with E-state index in [0.29, 0.717) is 0 Å². The summed E-state index contributed by atoms with van der Waals surface area (Å²) in [5.74, 6) is -0.650. The van der Waals surface area contributed by atoms with Crippen LogP contribution in [-0.2, 0) is 9.63 Å². The Morgan fingerprint density at radius 1 is 1.75 bits per heavy atom. The Balaban J connectivity index is 0. The summed E-state index contributed by atoms with van der Waals surface area (Å²) in [7, 11) is 3.00. The van der Waals surface area contributed by atoms with Crippen LogP contribution in [0.3, 0.4) is 0 Å². The number of nitrogens with two attached hydrogens (primary N) is 1. The molecule has 0 saturated carbocycles. The van der Waals surface area contributed by atoms with Gasteiger partial charge in [-0.3, -0.25) is 5.41 Å². The van der Waals surface area contributed by atoms with Crippen LogP contribution in [0, 0.1) is 5.41 Å². The number of nitrogens with one attached hydrogen (secondary N) is 2. The molecule has 0 aromatic rings. The van der Waals surface area contributed by atoms with Crippen molar-refractivity contribution in [2.45, 2.75) is 0 Å². The fourth-order valence-electron chi connectivity index (χ4n) is 0.425. The van der Waals surface area contributed by atoms with E-state index in [-0.39, 0.29) is 18.0 Å².